The second kappa shape index (κ2) is 6.90. The van der Waals surface area contributed by atoms with Crippen LogP contribution < -0.4 is 5.56 Å². The SMILES string of the molecule is O=c1[nH]c(CCCN2CCCCCC2)cc2ccccc12. The molecule has 1 fully saturated rings. The van der Waals surface area contributed by atoms with E-state index in [1.165, 1.54) is 38.8 Å². The first-order valence-corrected chi connectivity index (χ1v) is 8.16. The number of fused-ring (bicyclic) bond motifs is 1. The van der Waals surface area contributed by atoms with E-state index in [0.717, 1.165) is 35.9 Å². The Balaban J connectivity index is 1.61. The number of nitrogens with zero attached hydrogens (tertiary/aromatic N) is 1. The molecule has 2 heterocycles. The van der Waals surface area contributed by atoms with E-state index in [1.54, 1.807) is 0 Å². The molecule has 1 aliphatic rings. The largest absolute Gasteiger partial charge is 0.326 e. The van der Waals surface area contributed by atoms with Crippen molar-refractivity contribution in [1.29, 1.82) is 0 Å². The quantitative estimate of drug-likeness (QED) is 0.934. The molecule has 0 bridgehead atoms. The number of hydrogen-bond acceptors (Lipinski definition) is 2. The molecular weight excluding hydrogens is 260 g/mol. The van der Waals surface area contributed by atoms with Crippen molar-refractivity contribution in [2.24, 2.45) is 0 Å². The first kappa shape index (κ1) is 14.3. The second-order valence-electron chi connectivity index (χ2n) is 6.07. The standard InChI is InChI=1S/C18H24N2O/c21-18-17-10-4-3-8-15(17)14-16(19-18)9-7-13-20-11-5-1-2-6-12-20/h3-4,8,10,14H,1-2,5-7,9,11-13H2,(H,19,21). The number of likely N-dealkylation sites (tertiary alicyclic amines) is 1. The van der Waals surface area contributed by atoms with E-state index < -0.39 is 0 Å². The average Bonchev–Trinajstić information content (AvgIpc) is 2.76. The van der Waals surface area contributed by atoms with E-state index in [4.69, 9.17) is 0 Å². The number of aryl methyl sites for hydroxylation is 1. The fourth-order valence-electron chi connectivity index (χ4n) is 3.25. The van der Waals surface area contributed by atoms with Crippen LogP contribution in [-0.2, 0) is 6.42 Å². The normalized spacial score (nSPS) is 17.0. The fourth-order valence-corrected chi connectivity index (χ4v) is 3.25. The monoisotopic (exact) mass is 284 g/mol. The van der Waals surface area contributed by atoms with Gasteiger partial charge in [-0.3, -0.25) is 4.79 Å². The molecule has 0 atom stereocenters. The van der Waals surface area contributed by atoms with Crippen LogP contribution >= 0.6 is 0 Å². The topological polar surface area (TPSA) is 36.1 Å². The number of pyridine rings is 1. The molecule has 3 nitrogen and oxygen atoms in total. The summed E-state index contributed by atoms with van der Waals surface area (Å²) in [5.74, 6) is 0. The van der Waals surface area contributed by atoms with Gasteiger partial charge in [-0.2, -0.15) is 0 Å². The molecule has 1 aromatic heterocycles. The van der Waals surface area contributed by atoms with Gasteiger partial charge in [-0.25, -0.2) is 0 Å². The van der Waals surface area contributed by atoms with Crippen molar-refractivity contribution < 1.29 is 0 Å². The molecule has 21 heavy (non-hydrogen) atoms. The number of hydrogen-bond donors (Lipinski definition) is 1. The molecule has 3 rings (SSSR count). The maximum absolute atomic E-state index is 12.0. The fraction of sp³-hybridized carbons (Fsp3) is 0.500. The van der Waals surface area contributed by atoms with Crippen LogP contribution in [0.2, 0.25) is 0 Å². The first-order chi connectivity index (χ1) is 10.3. The van der Waals surface area contributed by atoms with Crippen LogP contribution in [0.5, 0.6) is 0 Å². The zero-order valence-electron chi connectivity index (χ0n) is 12.6. The lowest BCUT2D eigenvalue weighted by Crippen LogP contribution is -2.26. The van der Waals surface area contributed by atoms with Crippen molar-refractivity contribution in [1.82, 2.24) is 9.88 Å². The highest BCUT2D eigenvalue weighted by atomic mass is 16.1. The lowest BCUT2D eigenvalue weighted by atomic mass is 10.1. The molecule has 0 amide bonds. The molecule has 112 valence electrons. The number of H-pyrrole nitrogens is 1. The van der Waals surface area contributed by atoms with Crippen molar-refractivity contribution in [3.63, 3.8) is 0 Å². The van der Waals surface area contributed by atoms with Gasteiger partial charge in [0.1, 0.15) is 0 Å². The maximum Gasteiger partial charge on any atom is 0.256 e. The van der Waals surface area contributed by atoms with Crippen LogP contribution in [0.15, 0.2) is 35.1 Å². The molecule has 1 aromatic carbocycles. The third kappa shape index (κ3) is 3.73. The lowest BCUT2D eigenvalue weighted by molar-refractivity contribution is 0.281. The summed E-state index contributed by atoms with van der Waals surface area (Å²) in [6.45, 7) is 3.64. The Labute approximate surface area is 126 Å². The predicted molar refractivity (Wildman–Crippen MR) is 87.8 cm³/mol. The first-order valence-electron chi connectivity index (χ1n) is 8.16. The predicted octanol–water partition coefficient (Wildman–Crippen LogP) is 3.34. The molecular formula is C18H24N2O. The number of rotatable bonds is 4. The summed E-state index contributed by atoms with van der Waals surface area (Å²) >= 11 is 0. The molecule has 3 heteroatoms. The molecule has 1 aliphatic heterocycles. The Bertz CT molecular complexity index is 639. The number of aromatic nitrogens is 1. The zero-order valence-corrected chi connectivity index (χ0v) is 12.6. The number of benzene rings is 1. The van der Waals surface area contributed by atoms with E-state index in [2.05, 4.69) is 16.0 Å². The molecule has 2 aromatic rings. The van der Waals surface area contributed by atoms with Crippen molar-refractivity contribution in [3.8, 4) is 0 Å². The van der Waals surface area contributed by atoms with E-state index in [9.17, 15) is 4.79 Å². The summed E-state index contributed by atoms with van der Waals surface area (Å²) in [6, 6.07) is 9.93. The van der Waals surface area contributed by atoms with Gasteiger partial charge in [0, 0.05) is 11.1 Å². The van der Waals surface area contributed by atoms with Crippen molar-refractivity contribution >= 4 is 10.8 Å². The van der Waals surface area contributed by atoms with Gasteiger partial charge in [0.05, 0.1) is 0 Å². The molecule has 0 radical (unpaired) electrons. The van der Waals surface area contributed by atoms with Gasteiger partial charge >= 0.3 is 0 Å². The highest BCUT2D eigenvalue weighted by molar-refractivity contribution is 5.81. The van der Waals surface area contributed by atoms with Gasteiger partial charge < -0.3 is 9.88 Å². The van der Waals surface area contributed by atoms with Crippen molar-refractivity contribution in [3.05, 3.63) is 46.4 Å². The molecule has 1 N–H and O–H groups in total. The smallest absolute Gasteiger partial charge is 0.256 e. The number of nitrogens with one attached hydrogen (secondary N) is 1. The van der Waals surface area contributed by atoms with E-state index in [1.807, 2.05) is 24.3 Å². The Morgan fingerprint density at radius 1 is 1.05 bits per heavy atom. The highest BCUT2D eigenvalue weighted by Gasteiger charge is 2.08. The second-order valence-corrected chi connectivity index (χ2v) is 6.07. The van der Waals surface area contributed by atoms with Gasteiger partial charge in [0.15, 0.2) is 0 Å². The van der Waals surface area contributed by atoms with Crippen LogP contribution in [0.4, 0.5) is 0 Å². The van der Waals surface area contributed by atoms with Crippen molar-refractivity contribution in [2.45, 2.75) is 38.5 Å². The molecule has 0 spiro atoms. The van der Waals surface area contributed by atoms with Crippen LogP contribution in [-0.4, -0.2) is 29.5 Å². The van der Waals surface area contributed by atoms with Gasteiger partial charge in [0.25, 0.3) is 5.56 Å². The molecule has 0 unspecified atom stereocenters. The summed E-state index contributed by atoms with van der Waals surface area (Å²) in [7, 11) is 0. The van der Waals surface area contributed by atoms with Crippen LogP contribution in [0.3, 0.4) is 0 Å². The zero-order chi connectivity index (χ0) is 14.5. The summed E-state index contributed by atoms with van der Waals surface area (Å²) in [5, 5.41) is 1.83. The number of aromatic amines is 1. The lowest BCUT2D eigenvalue weighted by Gasteiger charge is -2.19. The van der Waals surface area contributed by atoms with Gasteiger partial charge in [-0.15, -0.1) is 0 Å². The van der Waals surface area contributed by atoms with Crippen LogP contribution in [0.1, 0.15) is 37.8 Å². The molecule has 0 aliphatic carbocycles. The Hall–Kier alpha value is -1.61. The maximum atomic E-state index is 12.0. The summed E-state index contributed by atoms with van der Waals surface area (Å²) < 4.78 is 0. The Morgan fingerprint density at radius 3 is 2.62 bits per heavy atom. The Morgan fingerprint density at radius 2 is 1.81 bits per heavy atom. The van der Waals surface area contributed by atoms with Gasteiger partial charge in [-0.05, 0) is 62.8 Å². The third-order valence-corrected chi connectivity index (χ3v) is 4.43. The van der Waals surface area contributed by atoms with Crippen LogP contribution in [0.25, 0.3) is 10.8 Å². The third-order valence-electron chi connectivity index (χ3n) is 4.43. The van der Waals surface area contributed by atoms with Crippen molar-refractivity contribution in [2.75, 3.05) is 19.6 Å². The van der Waals surface area contributed by atoms with Gasteiger partial charge in [0.2, 0.25) is 0 Å². The van der Waals surface area contributed by atoms with E-state index >= 15 is 0 Å². The summed E-state index contributed by atoms with van der Waals surface area (Å²) in [5.41, 5.74) is 1.10. The summed E-state index contributed by atoms with van der Waals surface area (Å²) in [6.07, 6.45) is 7.52. The Kier molecular flexibility index (Phi) is 4.71. The minimum Gasteiger partial charge on any atom is -0.326 e. The highest BCUT2D eigenvalue weighted by Crippen LogP contribution is 2.13. The van der Waals surface area contributed by atoms with E-state index in [0.29, 0.717) is 0 Å². The van der Waals surface area contributed by atoms with E-state index in [-0.39, 0.29) is 5.56 Å². The molecule has 1 saturated heterocycles. The van der Waals surface area contributed by atoms with Gasteiger partial charge in [-0.1, -0.05) is 31.0 Å². The summed E-state index contributed by atoms with van der Waals surface area (Å²) in [4.78, 5) is 17.6. The minimum atomic E-state index is 0.0397. The van der Waals surface area contributed by atoms with Crippen LogP contribution in [0, 0.1) is 0 Å². The minimum absolute atomic E-state index is 0.0397. The molecule has 0 saturated carbocycles. The average molecular weight is 284 g/mol.